The quantitative estimate of drug-likeness (QED) is 0.360. The molecule has 6 heteroatoms. The highest BCUT2D eigenvalue weighted by molar-refractivity contribution is 6.00. The summed E-state index contributed by atoms with van der Waals surface area (Å²) >= 11 is 0. The summed E-state index contributed by atoms with van der Waals surface area (Å²) in [5.41, 5.74) is 0. The van der Waals surface area contributed by atoms with E-state index in [0.29, 0.717) is 0 Å². The number of Topliss-reactive ketones (excluding diaryl/α,β-unsaturated/α-hetero) is 2. The van der Waals surface area contributed by atoms with E-state index in [9.17, 15) is 9.59 Å². The fraction of sp³-hybridized carbons (Fsp3) is 0.750. The Kier molecular flexibility index (Phi) is 5.47. The maximum Gasteiger partial charge on any atom is 0.171 e. The predicted octanol–water partition coefficient (Wildman–Crippen LogP) is -2.39. The Morgan fingerprint density at radius 3 is 2.07 bits per heavy atom. The van der Waals surface area contributed by atoms with Crippen LogP contribution in [-0.4, -0.2) is 56.9 Å². The minimum atomic E-state index is -1.85. The molecule has 0 aromatic rings. The lowest BCUT2D eigenvalue weighted by molar-refractivity contribution is -0.142. The van der Waals surface area contributed by atoms with Crippen molar-refractivity contribution >= 4 is 11.6 Å². The van der Waals surface area contributed by atoms with E-state index >= 15 is 0 Å². The van der Waals surface area contributed by atoms with Gasteiger partial charge in [-0.05, 0) is 6.92 Å². The van der Waals surface area contributed by atoms with Gasteiger partial charge in [0, 0.05) is 0 Å². The molecule has 82 valence electrons. The Labute approximate surface area is 80.8 Å². The van der Waals surface area contributed by atoms with Crippen LogP contribution >= 0.6 is 0 Å². The van der Waals surface area contributed by atoms with Gasteiger partial charge in [-0.3, -0.25) is 9.59 Å². The summed E-state index contributed by atoms with van der Waals surface area (Å²) < 4.78 is 0. The van der Waals surface area contributed by atoms with Crippen LogP contribution in [0, 0.1) is 0 Å². The maximum atomic E-state index is 11.0. The molecule has 0 radical (unpaired) electrons. The van der Waals surface area contributed by atoms with Crippen molar-refractivity contribution in [2.75, 3.05) is 6.61 Å². The van der Waals surface area contributed by atoms with Gasteiger partial charge < -0.3 is 20.4 Å². The van der Waals surface area contributed by atoms with Gasteiger partial charge in [0.05, 0.1) is 13.0 Å². The van der Waals surface area contributed by atoms with Gasteiger partial charge in [0.25, 0.3) is 0 Å². The smallest absolute Gasteiger partial charge is 0.171 e. The van der Waals surface area contributed by atoms with Gasteiger partial charge in [0.1, 0.15) is 24.1 Å². The Hall–Kier alpha value is -0.820. The standard InChI is InChI=1S/C8H14O6/c1-4(10)2-5(11)7(13)8(14)6(12)3-9/h6-9,12-14H,2-3H2,1H3/t6-,7-,8-/m1/s1. The normalized spacial score (nSPS) is 17.2. The van der Waals surface area contributed by atoms with Gasteiger partial charge in [-0.15, -0.1) is 0 Å². The van der Waals surface area contributed by atoms with Crippen molar-refractivity contribution in [3.8, 4) is 0 Å². The highest BCUT2D eigenvalue weighted by atomic mass is 16.4. The van der Waals surface area contributed by atoms with Crippen LogP contribution in [0.2, 0.25) is 0 Å². The maximum absolute atomic E-state index is 11.0. The lowest BCUT2D eigenvalue weighted by atomic mass is 10.0. The molecule has 0 aliphatic carbocycles. The Morgan fingerprint density at radius 2 is 1.71 bits per heavy atom. The van der Waals surface area contributed by atoms with Crippen molar-refractivity contribution in [2.45, 2.75) is 31.7 Å². The Bertz CT molecular complexity index is 214. The van der Waals surface area contributed by atoms with Gasteiger partial charge in [-0.1, -0.05) is 0 Å². The zero-order valence-electron chi connectivity index (χ0n) is 7.75. The van der Waals surface area contributed by atoms with Crippen LogP contribution in [0.25, 0.3) is 0 Å². The molecule has 0 rings (SSSR count). The highest BCUT2D eigenvalue weighted by Gasteiger charge is 2.29. The average Bonchev–Trinajstić information content (AvgIpc) is 2.13. The molecule has 0 fully saturated rings. The minimum absolute atomic E-state index is 0.445. The molecule has 0 aliphatic rings. The zero-order chi connectivity index (χ0) is 11.3. The van der Waals surface area contributed by atoms with Crippen molar-refractivity contribution in [1.29, 1.82) is 0 Å². The molecule has 14 heavy (non-hydrogen) atoms. The second kappa shape index (κ2) is 5.82. The molecular formula is C8H14O6. The Morgan fingerprint density at radius 1 is 1.21 bits per heavy atom. The molecule has 0 aromatic carbocycles. The summed E-state index contributed by atoms with van der Waals surface area (Å²) in [6.45, 7) is 0.394. The lowest BCUT2D eigenvalue weighted by Crippen LogP contribution is -2.44. The van der Waals surface area contributed by atoms with Gasteiger partial charge >= 0.3 is 0 Å². The summed E-state index contributed by atoms with van der Waals surface area (Å²) in [4.78, 5) is 21.5. The molecule has 0 heterocycles. The third kappa shape index (κ3) is 3.93. The number of rotatable bonds is 6. The van der Waals surface area contributed by atoms with Crippen LogP contribution in [0.5, 0.6) is 0 Å². The van der Waals surface area contributed by atoms with E-state index in [2.05, 4.69) is 0 Å². The van der Waals surface area contributed by atoms with E-state index in [0.717, 1.165) is 0 Å². The van der Waals surface area contributed by atoms with E-state index in [1.54, 1.807) is 0 Å². The summed E-state index contributed by atoms with van der Waals surface area (Å²) in [7, 11) is 0. The summed E-state index contributed by atoms with van der Waals surface area (Å²) in [5.74, 6) is -1.32. The van der Waals surface area contributed by atoms with Crippen molar-refractivity contribution in [3.63, 3.8) is 0 Å². The van der Waals surface area contributed by atoms with Gasteiger partial charge in [-0.2, -0.15) is 0 Å². The van der Waals surface area contributed by atoms with Crippen LogP contribution in [-0.2, 0) is 9.59 Å². The van der Waals surface area contributed by atoms with Crippen molar-refractivity contribution < 1.29 is 30.0 Å². The lowest BCUT2D eigenvalue weighted by Gasteiger charge is -2.19. The van der Waals surface area contributed by atoms with Gasteiger partial charge in [-0.25, -0.2) is 0 Å². The van der Waals surface area contributed by atoms with Crippen LogP contribution < -0.4 is 0 Å². The second-order valence-electron chi connectivity index (χ2n) is 3.03. The van der Waals surface area contributed by atoms with Crippen LogP contribution in [0.15, 0.2) is 0 Å². The fourth-order valence-corrected chi connectivity index (χ4v) is 0.859. The molecule has 0 amide bonds. The fourth-order valence-electron chi connectivity index (χ4n) is 0.859. The number of hydrogen-bond acceptors (Lipinski definition) is 6. The molecular weight excluding hydrogens is 192 g/mol. The van der Waals surface area contributed by atoms with E-state index in [4.69, 9.17) is 20.4 Å². The minimum Gasteiger partial charge on any atom is -0.394 e. The number of carbonyl (C=O) groups is 2. The summed E-state index contributed by atoms with van der Waals surface area (Å²) in [5, 5.41) is 35.5. The molecule has 0 saturated carbocycles. The molecule has 0 bridgehead atoms. The molecule has 0 spiro atoms. The van der Waals surface area contributed by atoms with Crippen LogP contribution in [0.4, 0.5) is 0 Å². The zero-order valence-corrected chi connectivity index (χ0v) is 7.75. The molecule has 0 saturated heterocycles. The molecule has 0 aliphatic heterocycles. The summed E-state index contributed by atoms with van der Waals surface area (Å²) in [6, 6.07) is 0. The van der Waals surface area contributed by atoms with E-state index < -0.39 is 42.9 Å². The van der Waals surface area contributed by atoms with Crippen molar-refractivity contribution in [2.24, 2.45) is 0 Å². The third-order valence-corrected chi connectivity index (χ3v) is 1.66. The van der Waals surface area contributed by atoms with E-state index in [1.807, 2.05) is 0 Å². The SMILES string of the molecule is CC(=O)CC(=O)[C@@H](O)[C@H](O)[C@H](O)CO. The van der Waals surface area contributed by atoms with E-state index in [1.165, 1.54) is 6.92 Å². The van der Waals surface area contributed by atoms with Gasteiger partial charge in [0.2, 0.25) is 0 Å². The van der Waals surface area contributed by atoms with Crippen LogP contribution in [0.1, 0.15) is 13.3 Å². The predicted molar refractivity (Wildman–Crippen MR) is 45.4 cm³/mol. The van der Waals surface area contributed by atoms with Crippen molar-refractivity contribution in [3.05, 3.63) is 0 Å². The van der Waals surface area contributed by atoms with E-state index in [-0.39, 0.29) is 0 Å². The van der Waals surface area contributed by atoms with Crippen LogP contribution in [0.3, 0.4) is 0 Å². The number of carbonyl (C=O) groups excluding carboxylic acids is 2. The number of aliphatic hydroxyl groups excluding tert-OH is 4. The Balaban J connectivity index is 4.23. The van der Waals surface area contributed by atoms with Gasteiger partial charge in [0.15, 0.2) is 5.78 Å². The third-order valence-electron chi connectivity index (χ3n) is 1.66. The highest BCUT2D eigenvalue weighted by Crippen LogP contribution is 2.03. The first-order valence-electron chi connectivity index (χ1n) is 4.07. The first-order chi connectivity index (χ1) is 6.40. The summed E-state index contributed by atoms with van der Waals surface area (Å²) in [6.07, 6.45) is -5.72. The molecule has 4 N–H and O–H groups in total. The average molecular weight is 206 g/mol. The second-order valence-corrected chi connectivity index (χ2v) is 3.03. The topological polar surface area (TPSA) is 115 Å². The first-order valence-corrected chi connectivity index (χ1v) is 4.07. The molecule has 0 aromatic heterocycles. The molecule has 0 unspecified atom stereocenters. The first kappa shape index (κ1) is 13.2. The number of hydrogen-bond donors (Lipinski definition) is 4. The molecule has 6 nitrogen and oxygen atoms in total. The van der Waals surface area contributed by atoms with Crippen molar-refractivity contribution in [1.82, 2.24) is 0 Å². The largest absolute Gasteiger partial charge is 0.394 e. The monoisotopic (exact) mass is 206 g/mol. The number of aliphatic hydroxyl groups is 4. The molecule has 3 atom stereocenters. The number of ketones is 2.